The SMILES string of the molecule is Cc1ccc2oc(C(=O)c3ccc(Sc4ccc(C(CCC(C)C)=NO)cc4)cc3)cc2c1. The molecule has 4 rings (SSSR count). The number of fused-ring (bicyclic) bond motifs is 1. The van der Waals surface area contributed by atoms with E-state index in [4.69, 9.17) is 4.42 Å². The Balaban J connectivity index is 1.43. The first kappa shape index (κ1) is 22.9. The highest BCUT2D eigenvalue weighted by Crippen LogP contribution is 2.29. The van der Waals surface area contributed by atoms with Gasteiger partial charge in [-0.3, -0.25) is 4.79 Å². The Morgan fingerprint density at radius 3 is 2.18 bits per heavy atom. The van der Waals surface area contributed by atoms with E-state index in [1.165, 1.54) is 0 Å². The Kier molecular flexibility index (Phi) is 6.99. The molecule has 0 saturated heterocycles. The van der Waals surface area contributed by atoms with Gasteiger partial charge in [-0.15, -0.1) is 0 Å². The molecule has 1 heterocycles. The van der Waals surface area contributed by atoms with Crippen LogP contribution in [-0.2, 0) is 0 Å². The summed E-state index contributed by atoms with van der Waals surface area (Å²) in [6.45, 7) is 6.33. The van der Waals surface area contributed by atoms with E-state index in [-0.39, 0.29) is 5.78 Å². The first-order chi connectivity index (χ1) is 15.9. The van der Waals surface area contributed by atoms with Gasteiger partial charge in [-0.2, -0.15) is 0 Å². The minimum atomic E-state index is -0.123. The highest BCUT2D eigenvalue weighted by Gasteiger charge is 2.15. The van der Waals surface area contributed by atoms with E-state index in [9.17, 15) is 10.0 Å². The van der Waals surface area contributed by atoms with Crippen molar-refractivity contribution in [3.05, 3.63) is 95.2 Å². The van der Waals surface area contributed by atoms with Gasteiger partial charge in [0.25, 0.3) is 0 Å². The van der Waals surface area contributed by atoms with Gasteiger partial charge in [-0.25, -0.2) is 0 Å². The van der Waals surface area contributed by atoms with E-state index in [0.29, 0.717) is 23.0 Å². The monoisotopic (exact) mass is 457 g/mol. The summed E-state index contributed by atoms with van der Waals surface area (Å²) in [6, 6.07) is 23.3. The van der Waals surface area contributed by atoms with E-state index in [2.05, 4.69) is 19.0 Å². The molecular formula is C28H27NO3S. The van der Waals surface area contributed by atoms with Crippen molar-refractivity contribution in [2.75, 3.05) is 0 Å². The second-order valence-electron chi connectivity index (χ2n) is 8.61. The molecule has 0 amide bonds. The maximum absolute atomic E-state index is 12.9. The molecule has 0 aliphatic heterocycles. The first-order valence-electron chi connectivity index (χ1n) is 11.1. The van der Waals surface area contributed by atoms with Crippen LogP contribution < -0.4 is 0 Å². The summed E-state index contributed by atoms with van der Waals surface area (Å²) in [6.07, 6.45) is 1.73. The fourth-order valence-electron chi connectivity index (χ4n) is 3.62. The molecule has 0 saturated carbocycles. The smallest absolute Gasteiger partial charge is 0.228 e. The minimum absolute atomic E-state index is 0.123. The van der Waals surface area contributed by atoms with Crippen LogP contribution in [0.1, 0.15) is 53.9 Å². The number of carbonyl (C=O) groups excluding carboxylic acids is 1. The van der Waals surface area contributed by atoms with Crippen molar-refractivity contribution in [1.29, 1.82) is 0 Å². The number of carbonyl (C=O) groups is 1. The molecule has 4 nitrogen and oxygen atoms in total. The second kappa shape index (κ2) is 10.1. The van der Waals surface area contributed by atoms with Crippen LogP contribution in [0.5, 0.6) is 0 Å². The number of oxime groups is 1. The summed E-state index contributed by atoms with van der Waals surface area (Å²) < 4.78 is 5.75. The third kappa shape index (κ3) is 5.55. The predicted molar refractivity (Wildman–Crippen MR) is 134 cm³/mol. The first-order valence-corrected chi connectivity index (χ1v) is 11.9. The minimum Gasteiger partial charge on any atom is -0.453 e. The average molecular weight is 458 g/mol. The van der Waals surface area contributed by atoms with Crippen LogP contribution in [0.15, 0.2) is 92.2 Å². The molecule has 5 heteroatoms. The van der Waals surface area contributed by atoms with Crippen molar-refractivity contribution in [1.82, 2.24) is 0 Å². The molecule has 0 radical (unpaired) electrons. The fraction of sp³-hybridized carbons (Fsp3) is 0.214. The molecule has 0 aliphatic carbocycles. The summed E-state index contributed by atoms with van der Waals surface area (Å²) >= 11 is 1.62. The van der Waals surface area contributed by atoms with Gasteiger partial charge in [-0.1, -0.05) is 54.5 Å². The lowest BCUT2D eigenvalue weighted by atomic mass is 10.0. The number of nitrogens with zero attached hydrogens (tertiary/aromatic N) is 1. The van der Waals surface area contributed by atoms with Gasteiger partial charge in [0, 0.05) is 20.7 Å². The lowest BCUT2D eigenvalue weighted by molar-refractivity contribution is 0.101. The number of furan rings is 1. The lowest BCUT2D eigenvalue weighted by Gasteiger charge is -2.08. The van der Waals surface area contributed by atoms with Gasteiger partial charge < -0.3 is 9.62 Å². The molecule has 0 atom stereocenters. The van der Waals surface area contributed by atoms with Gasteiger partial charge in [0.05, 0.1) is 5.71 Å². The molecule has 168 valence electrons. The van der Waals surface area contributed by atoms with Gasteiger partial charge in [0.15, 0.2) is 5.76 Å². The van der Waals surface area contributed by atoms with Gasteiger partial charge >= 0.3 is 0 Å². The van der Waals surface area contributed by atoms with Crippen LogP contribution in [0.25, 0.3) is 11.0 Å². The van der Waals surface area contributed by atoms with Crippen molar-refractivity contribution in [3.8, 4) is 0 Å². The highest BCUT2D eigenvalue weighted by atomic mass is 32.2. The van der Waals surface area contributed by atoms with E-state index in [0.717, 1.165) is 44.7 Å². The lowest BCUT2D eigenvalue weighted by Crippen LogP contribution is -2.03. The van der Waals surface area contributed by atoms with Crippen LogP contribution in [0.2, 0.25) is 0 Å². The average Bonchev–Trinajstić information content (AvgIpc) is 3.23. The van der Waals surface area contributed by atoms with E-state index < -0.39 is 0 Å². The molecule has 0 unspecified atom stereocenters. The zero-order valence-electron chi connectivity index (χ0n) is 19.0. The molecule has 1 N–H and O–H groups in total. The zero-order valence-corrected chi connectivity index (χ0v) is 19.9. The molecule has 1 aromatic heterocycles. The van der Waals surface area contributed by atoms with E-state index in [1.807, 2.05) is 73.7 Å². The van der Waals surface area contributed by atoms with E-state index >= 15 is 0 Å². The summed E-state index contributed by atoms with van der Waals surface area (Å²) in [5.41, 5.74) is 4.10. The highest BCUT2D eigenvalue weighted by molar-refractivity contribution is 7.99. The normalized spacial score (nSPS) is 11.9. The quantitative estimate of drug-likeness (QED) is 0.127. The van der Waals surface area contributed by atoms with Crippen LogP contribution in [0.3, 0.4) is 0 Å². The van der Waals surface area contributed by atoms with Crippen molar-refractivity contribution in [2.45, 2.75) is 43.4 Å². The molecule has 33 heavy (non-hydrogen) atoms. The number of ketones is 1. The van der Waals surface area contributed by atoms with Crippen molar-refractivity contribution < 1.29 is 14.4 Å². The molecule has 3 aromatic carbocycles. The largest absolute Gasteiger partial charge is 0.453 e. The van der Waals surface area contributed by atoms with Gasteiger partial charge in [0.2, 0.25) is 5.78 Å². The number of aryl methyl sites for hydroxylation is 1. The Morgan fingerprint density at radius 2 is 1.58 bits per heavy atom. The third-order valence-corrected chi connectivity index (χ3v) is 6.53. The predicted octanol–water partition coefficient (Wildman–Crippen LogP) is 7.74. The molecule has 4 aromatic rings. The Labute approximate surface area is 198 Å². The van der Waals surface area contributed by atoms with Crippen molar-refractivity contribution in [3.63, 3.8) is 0 Å². The van der Waals surface area contributed by atoms with Crippen LogP contribution in [0.4, 0.5) is 0 Å². The number of hydrogen-bond donors (Lipinski definition) is 1. The Bertz CT molecular complexity index is 1290. The maximum atomic E-state index is 12.9. The van der Waals surface area contributed by atoms with Gasteiger partial charge in [-0.05, 0) is 85.8 Å². The molecule has 0 spiro atoms. The molecule has 0 aliphatic rings. The number of hydrogen-bond acceptors (Lipinski definition) is 5. The van der Waals surface area contributed by atoms with Crippen molar-refractivity contribution >= 4 is 34.2 Å². The van der Waals surface area contributed by atoms with Crippen LogP contribution in [0, 0.1) is 12.8 Å². The standard InChI is InChI=1S/C28H27NO3S/c1-18(2)4-14-25(29-31)20-6-10-23(11-7-20)33-24-12-8-21(9-13-24)28(30)27-17-22-16-19(3)5-15-26(22)32-27/h5-13,15-18,31H,4,14H2,1-3H3. The second-order valence-corrected chi connectivity index (χ2v) is 9.76. The summed E-state index contributed by atoms with van der Waals surface area (Å²) in [5, 5.41) is 13.8. The van der Waals surface area contributed by atoms with Gasteiger partial charge in [0.1, 0.15) is 5.58 Å². The molecule has 0 fully saturated rings. The Morgan fingerprint density at radius 1 is 0.939 bits per heavy atom. The summed E-state index contributed by atoms with van der Waals surface area (Å²) in [4.78, 5) is 15.0. The molecular weight excluding hydrogens is 430 g/mol. The zero-order chi connectivity index (χ0) is 23.4. The summed E-state index contributed by atoms with van der Waals surface area (Å²) in [7, 11) is 0. The Hall–Kier alpha value is -3.31. The maximum Gasteiger partial charge on any atom is 0.228 e. The summed E-state index contributed by atoms with van der Waals surface area (Å²) in [5.74, 6) is 0.787. The van der Waals surface area contributed by atoms with Crippen molar-refractivity contribution in [2.24, 2.45) is 11.1 Å². The number of benzene rings is 3. The molecule has 0 bridgehead atoms. The topological polar surface area (TPSA) is 62.8 Å². The van der Waals surface area contributed by atoms with Crippen LogP contribution >= 0.6 is 11.8 Å². The number of rotatable bonds is 8. The fourth-order valence-corrected chi connectivity index (χ4v) is 4.44. The third-order valence-electron chi connectivity index (χ3n) is 5.51. The van der Waals surface area contributed by atoms with E-state index in [1.54, 1.807) is 17.8 Å². The van der Waals surface area contributed by atoms with Crippen LogP contribution in [-0.4, -0.2) is 16.7 Å².